The van der Waals surface area contributed by atoms with Crippen molar-refractivity contribution >= 4 is 0 Å². The molecule has 174 valence electrons. The molecule has 5 fully saturated rings. The second-order valence-electron chi connectivity index (χ2n) is 9.36. The molecule has 5 aliphatic rings. The summed E-state index contributed by atoms with van der Waals surface area (Å²) >= 11 is 0. The van der Waals surface area contributed by atoms with Crippen LogP contribution in [-0.2, 0) is 38.2 Å². The summed E-state index contributed by atoms with van der Waals surface area (Å²) in [6.45, 7) is 9.69. The highest BCUT2D eigenvalue weighted by Crippen LogP contribution is 2.60. The third-order valence-corrected chi connectivity index (χ3v) is 7.41. The molecule has 0 unspecified atom stereocenters. The van der Waals surface area contributed by atoms with Crippen LogP contribution in [0.1, 0.15) is 46.5 Å². The van der Waals surface area contributed by atoms with E-state index in [9.17, 15) is 0 Å². The standard InChI is InChI=1S/C22H38O8/c1-15-5-6-18-16(2)19(26-14-13-25-12-11-24-10-9-23-4)27-20-22(18)17(15)7-8-21(3,28-20)29-30-22/h15-20H,5-14H2,1-4H3/t15-,16-,17+,18+,19-,20-,21+,22-/m1/s1. The molecule has 8 heteroatoms. The van der Waals surface area contributed by atoms with Crippen LogP contribution in [0.5, 0.6) is 0 Å². The number of rotatable bonds is 10. The summed E-state index contributed by atoms with van der Waals surface area (Å²) in [5.41, 5.74) is -0.539. The van der Waals surface area contributed by atoms with E-state index < -0.39 is 17.7 Å². The van der Waals surface area contributed by atoms with E-state index in [2.05, 4.69) is 13.8 Å². The number of ether oxygens (including phenoxy) is 6. The van der Waals surface area contributed by atoms with Crippen molar-refractivity contribution < 1.29 is 38.2 Å². The second-order valence-corrected chi connectivity index (χ2v) is 9.36. The monoisotopic (exact) mass is 430 g/mol. The van der Waals surface area contributed by atoms with Crippen LogP contribution in [0.25, 0.3) is 0 Å². The first kappa shape index (κ1) is 22.9. The highest BCUT2D eigenvalue weighted by atomic mass is 17.3. The van der Waals surface area contributed by atoms with Gasteiger partial charge in [-0.3, -0.25) is 0 Å². The summed E-state index contributed by atoms with van der Waals surface area (Å²) < 4.78 is 34.8. The Morgan fingerprint density at radius 2 is 1.60 bits per heavy atom. The summed E-state index contributed by atoms with van der Waals surface area (Å²) in [5, 5.41) is 0. The molecule has 1 saturated carbocycles. The Labute approximate surface area is 179 Å². The van der Waals surface area contributed by atoms with Gasteiger partial charge in [-0.25, -0.2) is 9.78 Å². The topological polar surface area (TPSA) is 73.8 Å². The normalized spacial score (nSPS) is 45.2. The first-order valence-corrected chi connectivity index (χ1v) is 11.5. The van der Waals surface area contributed by atoms with Crippen molar-refractivity contribution in [1.82, 2.24) is 0 Å². The Bertz CT molecular complexity index is 561. The first-order chi connectivity index (χ1) is 14.5. The maximum Gasteiger partial charge on any atom is 0.201 e. The predicted molar refractivity (Wildman–Crippen MR) is 106 cm³/mol. The molecular formula is C22H38O8. The van der Waals surface area contributed by atoms with E-state index in [1.165, 1.54) is 6.42 Å². The zero-order valence-corrected chi connectivity index (χ0v) is 18.8. The molecule has 0 aromatic rings. The Morgan fingerprint density at radius 3 is 2.37 bits per heavy atom. The first-order valence-electron chi connectivity index (χ1n) is 11.5. The molecular weight excluding hydrogens is 392 g/mol. The van der Waals surface area contributed by atoms with E-state index in [4.69, 9.17) is 38.2 Å². The average Bonchev–Trinajstić information content (AvgIpc) is 2.96. The van der Waals surface area contributed by atoms with Gasteiger partial charge in [0.15, 0.2) is 18.2 Å². The summed E-state index contributed by atoms with van der Waals surface area (Å²) in [7, 11) is 1.66. The van der Waals surface area contributed by atoms with Gasteiger partial charge in [0.25, 0.3) is 0 Å². The predicted octanol–water partition coefficient (Wildman–Crippen LogP) is 2.89. The van der Waals surface area contributed by atoms with Crippen molar-refractivity contribution in [1.29, 1.82) is 0 Å². The van der Waals surface area contributed by atoms with Gasteiger partial charge in [-0.15, -0.1) is 0 Å². The lowest BCUT2D eigenvalue weighted by Crippen LogP contribution is -2.70. The molecule has 5 rings (SSSR count). The molecule has 4 saturated heterocycles. The van der Waals surface area contributed by atoms with Crippen molar-refractivity contribution in [2.75, 3.05) is 46.8 Å². The van der Waals surface area contributed by atoms with E-state index in [1.54, 1.807) is 7.11 Å². The van der Waals surface area contributed by atoms with Crippen LogP contribution >= 0.6 is 0 Å². The average molecular weight is 431 g/mol. The third kappa shape index (κ3) is 4.30. The summed E-state index contributed by atoms with van der Waals surface area (Å²) in [5.74, 6) is 0.636. The van der Waals surface area contributed by atoms with Gasteiger partial charge in [0, 0.05) is 25.4 Å². The molecule has 0 aromatic carbocycles. The molecule has 1 spiro atoms. The number of fused-ring (bicyclic) bond motifs is 2. The summed E-state index contributed by atoms with van der Waals surface area (Å²) in [6.07, 6.45) is 3.30. The van der Waals surface area contributed by atoms with E-state index in [0.29, 0.717) is 51.5 Å². The largest absolute Gasteiger partial charge is 0.382 e. The van der Waals surface area contributed by atoms with Crippen molar-refractivity contribution in [2.45, 2.75) is 70.4 Å². The fraction of sp³-hybridized carbons (Fsp3) is 1.00. The minimum absolute atomic E-state index is 0.184. The molecule has 0 amide bonds. The van der Waals surface area contributed by atoms with Crippen molar-refractivity contribution in [2.24, 2.45) is 23.7 Å². The Kier molecular flexibility index (Phi) is 7.37. The van der Waals surface area contributed by atoms with Gasteiger partial charge >= 0.3 is 0 Å². The molecule has 30 heavy (non-hydrogen) atoms. The van der Waals surface area contributed by atoms with Gasteiger partial charge in [0.05, 0.1) is 39.6 Å². The molecule has 8 atom stereocenters. The van der Waals surface area contributed by atoms with Gasteiger partial charge in [0.1, 0.15) is 0 Å². The van der Waals surface area contributed by atoms with E-state index in [-0.39, 0.29) is 18.1 Å². The van der Waals surface area contributed by atoms with Gasteiger partial charge in [-0.2, -0.15) is 0 Å². The Hall–Kier alpha value is -0.320. The lowest BCUT2D eigenvalue weighted by atomic mass is 9.58. The van der Waals surface area contributed by atoms with E-state index >= 15 is 0 Å². The maximum absolute atomic E-state index is 6.39. The number of methoxy groups -OCH3 is 1. The fourth-order valence-electron chi connectivity index (χ4n) is 5.75. The SMILES string of the molecule is COCCOCCOCCO[C@@H]1O[C@@H]2O[C@]3(C)CC[C@H]4[C@H](C)CC[C@@H]([C@H]1C)[C@@]24OO3. The van der Waals surface area contributed by atoms with Gasteiger partial charge in [-0.05, 0) is 38.0 Å². The molecule has 0 N–H and O–H groups in total. The molecule has 1 aliphatic carbocycles. The zero-order chi connectivity index (χ0) is 21.2. The summed E-state index contributed by atoms with van der Waals surface area (Å²) in [6, 6.07) is 0. The van der Waals surface area contributed by atoms with Gasteiger partial charge in [-0.1, -0.05) is 13.8 Å². The van der Waals surface area contributed by atoms with Gasteiger partial charge in [0.2, 0.25) is 5.79 Å². The molecule has 8 nitrogen and oxygen atoms in total. The Morgan fingerprint density at radius 1 is 0.867 bits per heavy atom. The van der Waals surface area contributed by atoms with Crippen LogP contribution in [0.3, 0.4) is 0 Å². The molecule has 2 bridgehead atoms. The van der Waals surface area contributed by atoms with Gasteiger partial charge < -0.3 is 28.4 Å². The molecule has 4 heterocycles. The van der Waals surface area contributed by atoms with Crippen LogP contribution in [0, 0.1) is 23.7 Å². The minimum Gasteiger partial charge on any atom is -0.382 e. The highest BCUT2D eigenvalue weighted by molar-refractivity contribution is 5.09. The zero-order valence-electron chi connectivity index (χ0n) is 18.8. The van der Waals surface area contributed by atoms with Crippen LogP contribution in [0.4, 0.5) is 0 Å². The minimum atomic E-state index is -0.755. The van der Waals surface area contributed by atoms with Crippen LogP contribution in [0.15, 0.2) is 0 Å². The number of hydrogen-bond donors (Lipinski definition) is 0. The van der Waals surface area contributed by atoms with Crippen LogP contribution in [-0.4, -0.2) is 70.7 Å². The third-order valence-electron chi connectivity index (χ3n) is 7.41. The van der Waals surface area contributed by atoms with Crippen molar-refractivity contribution in [3.8, 4) is 0 Å². The molecule has 4 aliphatic heterocycles. The maximum atomic E-state index is 6.39. The lowest BCUT2D eigenvalue weighted by molar-refractivity contribution is -0.577. The van der Waals surface area contributed by atoms with Crippen LogP contribution in [0.2, 0.25) is 0 Å². The lowest BCUT2D eigenvalue weighted by Gasteiger charge is -2.60. The van der Waals surface area contributed by atoms with E-state index in [0.717, 1.165) is 19.3 Å². The quantitative estimate of drug-likeness (QED) is 0.387. The van der Waals surface area contributed by atoms with E-state index in [1.807, 2.05) is 6.92 Å². The smallest absolute Gasteiger partial charge is 0.201 e. The summed E-state index contributed by atoms with van der Waals surface area (Å²) in [4.78, 5) is 12.0. The number of hydrogen-bond acceptors (Lipinski definition) is 8. The fourth-order valence-corrected chi connectivity index (χ4v) is 5.75. The highest BCUT2D eigenvalue weighted by Gasteiger charge is 2.69. The molecule has 0 aromatic heterocycles. The van der Waals surface area contributed by atoms with Crippen molar-refractivity contribution in [3.63, 3.8) is 0 Å². The van der Waals surface area contributed by atoms with Crippen molar-refractivity contribution in [3.05, 3.63) is 0 Å². The van der Waals surface area contributed by atoms with Crippen LogP contribution < -0.4 is 0 Å². The molecule has 0 radical (unpaired) electrons. The Balaban J connectivity index is 1.32. The second kappa shape index (κ2) is 9.67.